The van der Waals surface area contributed by atoms with Gasteiger partial charge in [0.1, 0.15) is 11.2 Å². The standard InChI is InChI=1S/C70H64BN3OS/c1-67(2,3)41-21-28-45(29-22-41)72(46-30-23-42(24-31-46)68(4,5)6)48-34-35-54-57(38-48)73-55-36-27-44(70(10,11)12)37-52(55)63-65(73)64-61(62-50-18-13-15-19-58(50)75-66(62)63)53-40-60-51(49-17-14-16-20-59(49)76-60)39-56(53)74(71(54)64)47-32-25-43(26-33-47)69(7,8)9/h13-40H,1-12H3. The second-order valence-electron chi connectivity index (χ2n) is 25.8. The van der Waals surface area contributed by atoms with Gasteiger partial charge in [-0.2, -0.15) is 0 Å². The Morgan fingerprint density at radius 2 is 1.03 bits per heavy atom. The molecule has 374 valence electrons. The molecule has 0 bridgehead atoms. The van der Waals surface area contributed by atoms with E-state index in [0.717, 1.165) is 33.6 Å². The van der Waals surface area contributed by atoms with Gasteiger partial charge in [-0.1, -0.05) is 168 Å². The summed E-state index contributed by atoms with van der Waals surface area (Å²) in [5, 5.41) is 7.31. The largest absolute Gasteiger partial charge is 0.455 e. The van der Waals surface area contributed by atoms with Gasteiger partial charge in [-0.15, -0.1) is 11.3 Å². The quantitative estimate of drug-likeness (QED) is 0.164. The lowest BCUT2D eigenvalue weighted by Gasteiger charge is -2.42. The molecular formula is C70H64BN3OS. The highest BCUT2D eigenvalue weighted by atomic mass is 32.1. The van der Waals surface area contributed by atoms with Crippen molar-refractivity contribution in [3.05, 3.63) is 192 Å². The van der Waals surface area contributed by atoms with Crippen LogP contribution in [0.5, 0.6) is 0 Å². The number of furan rings is 1. The SMILES string of the molecule is CC(C)(C)c1ccc(N2B3c4ccc(N(c5ccc(C(C)(C)C)cc5)c5ccc(C(C)(C)C)cc5)cc4-n4c5ccc(C(C)(C)C)cc5c5c6oc7ccccc7c6c(c3c54)-c3cc4sc5ccccc5c4cc32)cc1. The summed E-state index contributed by atoms with van der Waals surface area (Å²) in [4.78, 5) is 5.15. The van der Waals surface area contributed by atoms with Crippen molar-refractivity contribution in [1.82, 2.24) is 4.57 Å². The Labute approximate surface area is 451 Å². The lowest BCUT2D eigenvalue weighted by molar-refractivity contribution is 0.590. The van der Waals surface area contributed by atoms with Gasteiger partial charge in [-0.25, -0.2) is 0 Å². The number of hydrogen-bond acceptors (Lipinski definition) is 4. The molecule has 12 aromatic rings. The Morgan fingerprint density at radius 1 is 0.461 bits per heavy atom. The lowest BCUT2D eigenvalue weighted by atomic mass is 9.43. The number of nitrogens with zero attached hydrogens (tertiary/aromatic N) is 3. The third-order valence-corrected chi connectivity index (χ3v) is 17.9. The third-order valence-electron chi connectivity index (χ3n) is 16.8. The molecule has 0 spiro atoms. The number of hydrogen-bond donors (Lipinski definition) is 0. The summed E-state index contributed by atoms with van der Waals surface area (Å²) in [7, 11) is 0. The van der Waals surface area contributed by atoms with Gasteiger partial charge in [0.05, 0.1) is 16.4 Å². The minimum Gasteiger partial charge on any atom is -0.455 e. The van der Waals surface area contributed by atoms with Gasteiger partial charge >= 0.3 is 6.85 Å². The van der Waals surface area contributed by atoms with E-state index in [2.05, 4.69) is 267 Å². The number of thiophene rings is 1. The van der Waals surface area contributed by atoms with Crippen LogP contribution in [0.2, 0.25) is 0 Å². The fourth-order valence-corrected chi connectivity index (χ4v) is 13.8. The summed E-state index contributed by atoms with van der Waals surface area (Å²) < 4.78 is 12.6. The maximum Gasteiger partial charge on any atom is 0.333 e. The summed E-state index contributed by atoms with van der Waals surface area (Å²) in [6.07, 6.45) is 0. The van der Waals surface area contributed by atoms with Crippen LogP contribution in [-0.2, 0) is 21.7 Å². The van der Waals surface area contributed by atoms with Gasteiger partial charge < -0.3 is 18.7 Å². The molecule has 14 rings (SSSR count). The van der Waals surface area contributed by atoms with E-state index in [4.69, 9.17) is 4.42 Å². The van der Waals surface area contributed by atoms with E-state index in [-0.39, 0.29) is 28.5 Å². The maximum atomic E-state index is 7.35. The molecule has 0 fully saturated rings. The zero-order valence-electron chi connectivity index (χ0n) is 45.9. The molecule has 9 aromatic carbocycles. The molecule has 2 aliphatic rings. The highest BCUT2D eigenvalue weighted by Crippen LogP contribution is 2.54. The second kappa shape index (κ2) is 16.0. The summed E-state index contributed by atoms with van der Waals surface area (Å²) in [6.45, 7) is 27.5. The summed E-state index contributed by atoms with van der Waals surface area (Å²) >= 11 is 1.89. The third kappa shape index (κ3) is 6.95. The van der Waals surface area contributed by atoms with Gasteiger partial charge in [-0.3, -0.25) is 0 Å². The molecule has 76 heavy (non-hydrogen) atoms. The molecule has 2 aliphatic heterocycles. The van der Waals surface area contributed by atoms with E-state index in [1.54, 1.807) is 0 Å². The van der Waals surface area contributed by atoms with Crippen molar-refractivity contribution >= 4 is 121 Å². The fourth-order valence-electron chi connectivity index (χ4n) is 12.7. The Hall–Kier alpha value is -7.54. The predicted octanol–water partition coefficient (Wildman–Crippen LogP) is 18.9. The van der Waals surface area contributed by atoms with E-state index in [0.29, 0.717) is 0 Å². The first-order valence-electron chi connectivity index (χ1n) is 27.2. The molecule has 3 aromatic heterocycles. The fraction of sp³-hybridized carbons (Fsp3) is 0.229. The van der Waals surface area contributed by atoms with Crippen molar-refractivity contribution < 1.29 is 4.42 Å². The van der Waals surface area contributed by atoms with Crippen LogP contribution in [0.15, 0.2) is 174 Å². The molecular weight excluding hydrogens is 942 g/mol. The Balaban J connectivity index is 1.14. The van der Waals surface area contributed by atoms with Crippen LogP contribution >= 0.6 is 11.3 Å². The highest BCUT2D eigenvalue weighted by molar-refractivity contribution is 7.25. The number of fused-ring (bicyclic) bond motifs is 16. The topological polar surface area (TPSA) is 24.6 Å². The van der Waals surface area contributed by atoms with E-state index in [9.17, 15) is 0 Å². The zero-order chi connectivity index (χ0) is 52.5. The normalized spacial score (nSPS) is 13.7. The van der Waals surface area contributed by atoms with Crippen molar-refractivity contribution in [2.45, 2.75) is 105 Å². The molecule has 0 amide bonds. The maximum absolute atomic E-state index is 7.35. The van der Waals surface area contributed by atoms with Crippen LogP contribution in [0, 0.1) is 0 Å². The van der Waals surface area contributed by atoms with Gasteiger partial charge in [0.25, 0.3) is 0 Å². The molecule has 0 aliphatic carbocycles. The number of benzene rings is 9. The molecule has 4 nitrogen and oxygen atoms in total. The first kappa shape index (κ1) is 47.0. The lowest BCUT2D eigenvalue weighted by Crippen LogP contribution is -2.60. The van der Waals surface area contributed by atoms with Crippen molar-refractivity contribution in [2.75, 3.05) is 9.71 Å². The zero-order valence-corrected chi connectivity index (χ0v) is 46.7. The molecule has 0 unspecified atom stereocenters. The monoisotopic (exact) mass is 1010 g/mol. The van der Waals surface area contributed by atoms with Gasteiger partial charge in [0, 0.05) is 76.0 Å². The van der Waals surface area contributed by atoms with Crippen molar-refractivity contribution in [2.24, 2.45) is 0 Å². The predicted molar refractivity (Wildman–Crippen MR) is 329 cm³/mol. The van der Waals surface area contributed by atoms with Crippen LogP contribution in [0.25, 0.3) is 80.7 Å². The van der Waals surface area contributed by atoms with E-state index in [1.165, 1.54) is 109 Å². The summed E-state index contributed by atoms with van der Waals surface area (Å²) in [5.41, 5.74) is 21.4. The Kier molecular flexibility index (Phi) is 9.89. The van der Waals surface area contributed by atoms with E-state index >= 15 is 0 Å². The van der Waals surface area contributed by atoms with Gasteiger partial charge in [0.2, 0.25) is 0 Å². The molecule has 0 saturated heterocycles. The van der Waals surface area contributed by atoms with Crippen LogP contribution in [0.3, 0.4) is 0 Å². The van der Waals surface area contributed by atoms with Crippen molar-refractivity contribution in [1.29, 1.82) is 0 Å². The van der Waals surface area contributed by atoms with Crippen molar-refractivity contribution in [3.63, 3.8) is 0 Å². The Morgan fingerprint density at radius 3 is 1.66 bits per heavy atom. The van der Waals surface area contributed by atoms with Crippen LogP contribution in [0.1, 0.15) is 105 Å². The number of rotatable bonds is 4. The smallest absolute Gasteiger partial charge is 0.333 e. The first-order valence-corrected chi connectivity index (χ1v) is 28.0. The van der Waals surface area contributed by atoms with Gasteiger partial charge in [0.15, 0.2) is 0 Å². The van der Waals surface area contributed by atoms with Crippen LogP contribution < -0.4 is 20.6 Å². The van der Waals surface area contributed by atoms with E-state index < -0.39 is 0 Å². The minimum absolute atomic E-state index is 0.000506. The number of para-hydroxylation sites is 1. The van der Waals surface area contributed by atoms with Crippen LogP contribution in [0.4, 0.5) is 28.4 Å². The minimum atomic E-state index is -0.195. The van der Waals surface area contributed by atoms with E-state index in [1.807, 2.05) is 11.3 Å². The average molecular weight is 1010 g/mol. The number of anilines is 5. The molecule has 6 heteroatoms. The Bertz CT molecular complexity index is 4310. The molecule has 5 heterocycles. The van der Waals surface area contributed by atoms with Crippen molar-refractivity contribution in [3.8, 4) is 16.8 Å². The summed E-state index contributed by atoms with van der Waals surface area (Å²) in [5.74, 6) is 0. The molecule has 0 radical (unpaired) electrons. The summed E-state index contributed by atoms with van der Waals surface area (Å²) in [6, 6.07) is 65.2. The van der Waals surface area contributed by atoms with Gasteiger partial charge in [-0.05, 0) is 145 Å². The first-order chi connectivity index (χ1) is 36.2. The molecule has 0 atom stereocenters. The molecule has 0 N–H and O–H groups in total. The molecule has 0 saturated carbocycles. The second-order valence-corrected chi connectivity index (χ2v) is 26.9. The average Bonchev–Trinajstić information content (AvgIpc) is 4.14. The number of aromatic nitrogens is 1. The van der Waals surface area contributed by atoms with Crippen LogP contribution in [-0.4, -0.2) is 11.4 Å². The highest BCUT2D eigenvalue weighted by Gasteiger charge is 2.46.